The van der Waals surface area contributed by atoms with Crippen LogP contribution in [0.15, 0.2) is 25.2 Å². The van der Waals surface area contributed by atoms with Gasteiger partial charge in [-0.05, 0) is 13.0 Å². The monoisotopic (exact) mass is 134 g/mol. The SMILES string of the molecule is C=Cn1cncc1/C=C\C. The van der Waals surface area contributed by atoms with Crippen molar-refractivity contribution in [2.24, 2.45) is 0 Å². The van der Waals surface area contributed by atoms with Crippen LogP contribution in [0.5, 0.6) is 0 Å². The Bertz CT molecular complexity index is 246. The maximum atomic E-state index is 3.95. The second-order valence-corrected chi connectivity index (χ2v) is 1.91. The average Bonchev–Trinajstić information content (AvgIpc) is 2.36. The molecule has 1 aromatic heterocycles. The van der Waals surface area contributed by atoms with Crippen molar-refractivity contribution in [2.45, 2.75) is 6.92 Å². The van der Waals surface area contributed by atoms with Gasteiger partial charge in [0.2, 0.25) is 0 Å². The Balaban J connectivity index is 3.00. The molecule has 0 amide bonds. The van der Waals surface area contributed by atoms with Crippen molar-refractivity contribution >= 4 is 12.3 Å². The lowest BCUT2D eigenvalue weighted by atomic mass is 10.4. The van der Waals surface area contributed by atoms with Crippen LogP contribution in [0.4, 0.5) is 0 Å². The first-order chi connectivity index (χ1) is 4.88. The van der Waals surface area contributed by atoms with Gasteiger partial charge in [-0.2, -0.15) is 0 Å². The van der Waals surface area contributed by atoms with Gasteiger partial charge in [0.1, 0.15) is 0 Å². The van der Waals surface area contributed by atoms with E-state index in [-0.39, 0.29) is 0 Å². The molecule has 2 nitrogen and oxygen atoms in total. The van der Waals surface area contributed by atoms with Crippen LogP contribution < -0.4 is 0 Å². The molecular formula is C8H10N2. The third kappa shape index (κ3) is 1.16. The highest BCUT2D eigenvalue weighted by atomic mass is 15.0. The minimum atomic E-state index is 1.05. The molecule has 0 saturated carbocycles. The fourth-order valence-electron chi connectivity index (χ4n) is 0.767. The Kier molecular flexibility index (Phi) is 2.05. The van der Waals surface area contributed by atoms with Gasteiger partial charge in [-0.25, -0.2) is 4.98 Å². The zero-order valence-electron chi connectivity index (χ0n) is 5.99. The van der Waals surface area contributed by atoms with Crippen molar-refractivity contribution in [1.82, 2.24) is 9.55 Å². The van der Waals surface area contributed by atoms with Gasteiger partial charge in [-0.1, -0.05) is 12.7 Å². The lowest BCUT2D eigenvalue weighted by molar-refractivity contribution is 1.12. The normalized spacial score (nSPS) is 10.5. The molecule has 0 N–H and O–H groups in total. The number of allylic oxidation sites excluding steroid dienone is 1. The Hall–Kier alpha value is -1.31. The van der Waals surface area contributed by atoms with Crippen molar-refractivity contribution in [3.05, 3.63) is 30.9 Å². The largest absolute Gasteiger partial charge is 0.307 e. The molecule has 0 atom stereocenters. The van der Waals surface area contributed by atoms with E-state index >= 15 is 0 Å². The second kappa shape index (κ2) is 3.01. The minimum absolute atomic E-state index is 1.05. The summed E-state index contributed by atoms with van der Waals surface area (Å²) in [6.45, 7) is 5.61. The molecule has 1 aromatic rings. The summed E-state index contributed by atoms with van der Waals surface area (Å²) in [7, 11) is 0. The molecule has 0 aliphatic carbocycles. The van der Waals surface area contributed by atoms with E-state index in [2.05, 4.69) is 11.6 Å². The van der Waals surface area contributed by atoms with Crippen LogP contribution in [0.2, 0.25) is 0 Å². The molecule has 0 spiro atoms. The molecule has 0 aromatic carbocycles. The predicted octanol–water partition coefficient (Wildman–Crippen LogP) is 2.02. The molecular weight excluding hydrogens is 124 g/mol. The Morgan fingerprint density at radius 3 is 3.10 bits per heavy atom. The highest BCUT2D eigenvalue weighted by Crippen LogP contribution is 2.00. The van der Waals surface area contributed by atoms with Crippen LogP contribution in [0.3, 0.4) is 0 Å². The van der Waals surface area contributed by atoms with Gasteiger partial charge in [-0.3, -0.25) is 0 Å². The predicted molar refractivity (Wildman–Crippen MR) is 43.3 cm³/mol. The molecule has 0 fully saturated rings. The standard InChI is InChI=1S/C8H10N2/c1-3-5-8-6-9-7-10(8)4-2/h3-7H,2H2,1H3/b5-3-. The van der Waals surface area contributed by atoms with Gasteiger partial charge >= 0.3 is 0 Å². The molecule has 1 rings (SSSR count). The minimum Gasteiger partial charge on any atom is -0.307 e. The molecule has 0 bridgehead atoms. The van der Waals surface area contributed by atoms with Gasteiger partial charge in [0.15, 0.2) is 0 Å². The van der Waals surface area contributed by atoms with E-state index in [1.54, 1.807) is 18.7 Å². The number of hydrogen-bond acceptors (Lipinski definition) is 1. The summed E-state index contributed by atoms with van der Waals surface area (Å²) in [5.41, 5.74) is 1.05. The smallest absolute Gasteiger partial charge is 0.0991 e. The third-order valence-electron chi connectivity index (χ3n) is 1.23. The summed E-state index contributed by atoms with van der Waals surface area (Å²) < 4.78 is 1.86. The maximum absolute atomic E-state index is 3.95. The van der Waals surface area contributed by atoms with E-state index in [4.69, 9.17) is 0 Å². The zero-order valence-corrected chi connectivity index (χ0v) is 5.99. The summed E-state index contributed by atoms with van der Waals surface area (Å²) in [5, 5.41) is 0. The van der Waals surface area contributed by atoms with E-state index in [1.807, 2.05) is 23.6 Å². The van der Waals surface area contributed by atoms with Crippen molar-refractivity contribution in [2.75, 3.05) is 0 Å². The fraction of sp³-hybridized carbons (Fsp3) is 0.125. The highest BCUT2D eigenvalue weighted by Gasteiger charge is 1.90. The fourth-order valence-corrected chi connectivity index (χ4v) is 0.767. The van der Waals surface area contributed by atoms with E-state index < -0.39 is 0 Å². The molecule has 0 unspecified atom stereocenters. The molecule has 0 radical (unpaired) electrons. The van der Waals surface area contributed by atoms with E-state index in [1.165, 1.54) is 0 Å². The first kappa shape index (κ1) is 6.81. The highest BCUT2D eigenvalue weighted by molar-refractivity contribution is 5.46. The Morgan fingerprint density at radius 2 is 2.50 bits per heavy atom. The molecule has 1 heterocycles. The summed E-state index contributed by atoms with van der Waals surface area (Å²) in [6, 6.07) is 0. The molecule has 52 valence electrons. The van der Waals surface area contributed by atoms with Crippen LogP contribution in [-0.2, 0) is 0 Å². The first-order valence-corrected chi connectivity index (χ1v) is 3.15. The third-order valence-corrected chi connectivity index (χ3v) is 1.23. The van der Waals surface area contributed by atoms with Crippen LogP contribution in [0, 0.1) is 0 Å². The number of rotatable bonds is 2. The Morgan fingerprint density at radius 1 is 1.70 bits per heavy atom. The van der Waals surface area contributed by atoms with Gasteiger partial charge < -0.3 is 4.57 Å². The van der Waals surface area contributed by atoms with Gasteiger partial charge in [-0.15, -0.1) is 0 Å². The molecule has 10 heavy (non-hydrogen) atoms. The van der Waals surface area contributed by atoms with Crippen molar-refractivity contribution in [1.29, 1.82) is 0 Å². The van der Waals surface area contributed by atoms with Crippen LogP contribution in [0.1, 0.15) is 12.6 Å². The first-order valence-electron chi connectivity index (χ1n) is 3.15. The van der Waals surface area contributed by atoms with Gasteiger partial charge in [0, 0.05) is 6.20 Å². The average molecular weight is 134 g/mol. The zero-order chi connectivity index (χ0) is 7.40. The maximum Gasteiger partial charge on any atom is 0.0991 e. The molecule has 0 aliphatic heterocycles. The summed E-state index contributed by atoms with van der Waals surface area (Å²) >= 11 is 0. The van der Waals surface area contributed by atoms with Crippen molar-refractivity contribution < 1.29 is 0 Å². The van der Waals surface area contributed by atoms with Crippen molar-refractivity contribution in [3.63, 3.8) is 0 Å². The Labute approximate surface area is 60.5 Å². The van der Waals surface area contributed by atoms with E-state index in [0.717, 1.165) is 5.69 Å². The number of hydrogen-bond donors (Lipinski definition) is 0. The van der Waals surface area contributed by atoms with Gasteiger partial charge in [0.25, 0.3) is 0 Å². The summed E-state index contributed by atoms with van der Waals surface area (Å²) in [5.74, 6) is 0. The quantitative estimate of drug-likeness (QED) is 0.605. The van der Waals surface area contributed by atoms with E-state index in [9.17, 15) is 0 Å². The number of imidazole rings is 1. The number of nitrogens with zero attached hydrogens (tertiary/aromatic N) is 2. The molecule has 0 aliphatic rings. The molecule has 0 saturated heterocycles. The van der Waals surface area contributed by atoms with Crippen LogP contribution >= 0.6 is 0 Å². The summed E-state index contributed by atoms with van der Waals surface area (Å²) in [4.78, 5) is 3.95. The lowest BCUT2D eigenvalue weighted by Gasteiger charge is -1.92. The van der Waals surface area contributed by atoms with Crippen molar-refractivity contribution in [3.8, 4) is 0 Å². The van der Waals surface area contributed by atoms with E-state index in [0.29, 0.717) is 0 Å². The van der Waals surface area contributed by atoms with Crippen LogP contribution in [-0.4, -0.2) is 9.55 Å². The number of aromatic nitrogens is 2. The lowest BCUT2D eigenvalue weighted by Crippen LogP contribution is -1.83. The van der Waals surface area contributed by atoms with Gasteiger partial charge in [0.05, 0.1) is 18.2 Å². The summed E-state index contributed by atoms with van der Waals surface area (Å²) in [6.07, 6.45) is 9.19. The topological polar surface area (TPSA) is 17.8 Å². The van der Waals surface area contributed by atoms with Crippen LogP contribution in [0.25, 0.3) is 12.3 Å². The molecule has 2 heteroatoms. The second-order valence-electron chi connectivity index (χ2n) is 1.91.